The molecular weight excluding hydrogens is 244 g/mol. The number of likely N-dealkylation sites (tertiary alicyclic amines) is 1. The monoisotopic (exact) mass is 264 g/mol. The summed E-state index contributed by atoms with van der Waals surface area (Å²) in [6, 6.07) is 1.93. The van der Waals surface area contributed by atoms with Crippen LogP contribution in [0.4, 0.5) is 4.79 Å². The number of ether oxygens (including phenoxy) is 1. The van der Waals surface area contributed by atoms with Crippen LogP contribution in [-0.4, -0.2) is 46.1 Å². The predicted molar refractivity (Wildman–Crippen MR) is 70.9 cm³/mol. The average molecular weight is 264 g/mol. The molecule has 6 heteroatoms. The van der Waals surface area contributed by atoms with Crippen LogP contribution in [0.1, 0.15) is 26.7 Å². The van der Waals surface area contributed by atoms with E-state index >= 15 is 0 Å². The van der Waals surface area contributed by atoms with Crippen molar-refractivity contribution in [3.05, 3.63) is 18.6 Å². The Morgan fingerprint density at radius 1 is 1.47 bits per heavy atom. The van der Waals surface area contributed by atoms with Crippen LogP contribution in [0.2, 0.25) is 0 Å². The van der Waals surface area contributed by atoms with Gasteiger partial charge in [-0.25, -0.2) is 14.8 Å². The first-order valence-corrected chi connectivity index (χ1v) is 6.63. The highest BCUT2D eigenvalue weighted by Crippen LogP contribution is 2.16. The van der Waals surface area contributed by atoms with Crippen molar-refractivity contribution in [1.82, 2.24) is 20.2 Å². The smallest absolute Gasteiger partial charge is 0.317 e. The highest BCUT2D eigenvalue weighted by Gasteiger charge is 2.24. The molecule has 0 unspecified atom stereocenters. The summed E-state index contributed by atoms with van der Waals surface area (Å²) >= 11 is 0. The lowest BCUT2D eigenvalue weighted by atomic mass is 10.1. The van der Waals surface area contributed by atoms with Gasteiger partial charge in [-0.05, 0) is 13.8 Å². The van der Waals surface area contributed by atoms with Crippen molar-refractivity contribution in [2.75, 3.05) is 13.1 Å². The molecule has 6 nitrogen and oxygen atoms in total. The SMILES string of the molecule is CC(C)NC(=O)N1CCC(Oc2ccncn2)CC1. The number of carbonyl (C=O) groups is 1. The molecule has 0 atom stereocenters. The van der Waals surface area contributed by atoms with Crippen molar-refractivity contribution in [2.24, 2.45) is 0 Å². The standard InChI is InChI=1S/C13H20N4O2/c1-10(2)16-13(18)17-7-4-11(5-8-17)19-12-3-6-14-9-15-12/h3,6,9-11H,4-5,7-8H2,1-2H3,(H,16,18). The molecule has 0 aromatic carbocycles. The fourth-order valence-corrected chi connectivity index (χ4v) is 2.03. The minimum atomic E-state index is 0.00971. The van der Waals surface area contributed by atoms with E-state index < -0.39 is 0 Å². The van der Waals surface area contributed by atoms with Gasteiger partial charge in [0.1, 0.15) is 12.4 Å². The summed E-state index contributed by atoms with van der Waals surface area (Å²) in [4.78, 5) is 21.5. The molecule has 1 aliphatic rings. The lowest BCUT2D eigenvalue weighted by Gasteiger charge is -2.32. The van der Waals surface area contributed by atoms with E-state index in [1.54, 1.807) is 12.3 Å². The van der Waals surface area contributed by atoms with Gasteiger partial charge in [-0.3, -0.25) is 0 Å². The second kappa shape index (κ2) is 6.36. The van der Waals surface area contributed by atoms with Crippen LogP contribution in [0, 0.1) is 0 Å². The number of nitrogens with one attached hydrogen (secondary N) is 1. The molecule has 0 bridgehead atoms. The van der Waals surface area contributed by atoms with E-state index in [1.807, 2.05) is 18.7 Å². The van der Waals surface area contributed by atoms with E-state index in [-0.39, 0.29) is 18.2 Å². The first-order chi connectivity index (χ1) is 9.15. The number of piperidine rings is 1. The van der Waals surface area contributed by atoms with Crippen LogP contribution in [0.3, 0.4) is 0 Å². The van der Waals surface area contributed by atoms with Crippen LogP contribution in [0.15, 0.2) is 18.6 Å². The molecule has 1 N–H and O–H groups in total. The maximum Gasteiger partial charge on any atom is 0.317 e. The predicted octanol–water partition coefficient (Wildman–Crippen LogP) is 1.44. The molecule has 104 valence electrons. The first kappa shape index (κ1) is 13.6. The Balaban J connectivity index is 1.78. The Hall–Kier alpha value is -1.85. The van der Waals surface area contributed by atoms with E-state index in [2.05, 4.69) is 15.3 Å². The Kier molecular flexibility index (Phi) is 4.54. The van der Waals surface area contributed by atoms with Crippen LogP contribution in [0.5, 0.6) is 5.88 Å². The zero-order chi connectivity index (χ0) is 13.7. The summed E-state index contributed by atoms with van der Waals surface area (Å²) in [7, 11) is 0. The molecule has 2 rings (SSSR count). The fraction of sp³-hybridized carbons (Fsp3) is 0.615. The molecule has 1 aromatic heterocycles. The number of urea groups is 1. The molecule has 0 saturated carbocycles. The fourth-order valence-electron chi connectivity index (χ4n) is 2.03. The van der Waals surface area contributed by atoms with E-state index in [9.17, 15) is 4.79 Å². The average Bonchev–Trinajstić information content (AvgIpc) is 2.40. The Bertz CT molecular complexity index is 402. The third-order valence-electron chi connectivity index (χ3n) is 2.98. The highest BCUT2D eigenvalue weighted by molar-refractivity contribution is 5.74. The van der Waals surface area contributed by atoms with Crippen molar-refractivity contribution in [3.63, 3.8) is 0 Å². The third kappa shape index (κ3) is 4.08. The largest absolute Gasteiger partial charge is 0.474 e. The summed E-state index contributed by atoms with van der Waals surface area (Å²) in [6.45, 7) is 5.36. The first-order valence-electron chi connectivity index (χ1n) is 6.63. The number of hydrogen-bond acceptors (Lipinski definition) is 4. The molecular formula is C13H20N4O2. The van der Waals surface area contributed by atoms with Gasteiger partial charge in [0, 0.05) is 44.2 Å². The van der Waals surface area contributed by atoms with Gasteiger partial charge < -0.3 is 15.0 Å². The van der Waals surface area contributed by atoms with Crippen molar-refractivity contribution in [3.8, 4) is 5.88 Å². The molecule has 1 saturated heterocycles. The van der Waals surface area contributed by atoms with Gasteiger partial charge in [0.2, 0.25) is 5.88 Å². The number of rotatable bonds is 3. The van der Waals surface area contributed by atoms with Crippen molar-refractivity contribution in [1.29, 1.82) is 0 Å². The molecule has 1 aromatic rings. The summed E-state index contributed by atoms with van der Waals surface area (Å²) in [5, 5.41) is 2.90. The van der Waals surface area contributed by atoms with Crippen molar-refractivity contribution < 1.29 is 9.53 Å². The maximum atomic E-state index is 11.8. The number of aromatic nitrogens is 2. The summed E-state index contributed by atoms with van der Waals surface area (Å²) in [5.74, 6) is 0.597. The zero-order valence-corrected chi connectivity index (χ0v) is 11.4. The van der Waals surface area contributed by atoms with Gasteiger partial charge in [-0.2, -0.15) is 0 Å². The molecule has 1 aliphatic heterocycles. The van der Waals surface area contributed by atoms with Gasteiger partial charge in [0.15, 0.2) is 0 Å². The van der Waals surface area contributed by atoms with Crippen molar-refractivity contribution >= 4 is 6.03 Å². The normalized spacial score (nSPS) is 16.5. The number of amides is 2. The molecule has 2 amide bonds. The van der Waals surface area contributed by atoms with E-state index in [4.69, 9.17) is 4.74 Å². The second-order valence-corrected chi connectivity index (χ2v) is 4.96. The highest BCUT2D eigenvalue weighted by atomic mass is 16.5. The van der Waals surface area contributed by atoms with Gasteiger partial charge in [-0.15, -0.1) is 0 Å². The van der Waals surface area contributed by atoms with Crippen LogP contribution in [-0.2, 0) is 0 Å². The lowest BCUT2D eigenvalue weighted by molar-refractivity contribution is 0.106. The maximum absolute atomic E-state index is 11.8. The minimum Gasteiger partial charge on any atom is -0.474 e. The summed E-state index contributed by atoms with van der Waals surface area (Å²) in [5.41, 5.74) is 0. The van der Waals surface area contributed by atoms with E-state index in [0.29, 0.717) is 19.0 Å². The topological polar surface area (TPSA) is 67.4 Å². The van der Waals surface area contributed by atoms with Crippen LogP contribution in [0.25, 0.3) is 0 Å². The van der Waals surface area contributed by atoms with E-state index in [0.717, 1.165) is 12.8 Å². The number of nitrogens with zero attached hydrogens (tertiary/aromatic N) is 3. The zero-order valence-electron chi connectivity index (χ0n) is 11.4. The summed E-state index contributed by atoms with van der Waals surface area (Å²) < 4.78 is 5.75. The third-order valence-corrected chi connectivity index (χ3v) is 2.98. The van der Waals surface area contributed by atoms with Crippen molar-refractivity contribution in [2.45, 2.75) is 38.8 Å². The Morgan fingerprint density at radius 2 is 2.21 bits per heavy atom. The molecule has 0 aliphatic carbocycles. The number of hydrogen-bond donors (Lipinski definition) is 1. The summed E-state index contributed by atoms with van der Waals surface area (Å²) in [6.07, 6.45) is 4.91. The molecule has 19 heavy (non-hydrogen) atoms. The Labute approximate surface area is 113 Å². The minimum absolute atomic E-state index is 0.00971. The van der Waals surface area contributed by atoms with Crippen LogP contribution >= 0.6 is 0 Å². The van der Waals surface area contributed by atoms with Gasteiger partial charge >= 0.3 is 6.03 Å². The van der Waals surface area contributed by atoms with Crippen LogP contribution < -0.4 is 10.1 Å². The number of carbonyl (C=O) groups excluding carboxylic acids is 1. The Morgan fingerprint density at radius 3 is 2.79 bits per heavy atom. The lowest BCUT2D eigenvalue weighted by Crippen LogP contribution is -2.48. The van der Waals surface area contributed by atoms with Gasteiger partial charge in [0.05, 0.1) is 0 Å². The van der Waals surface area contributed by atoms with Gasteiger partial charge in [-0.1, -0.05) is 0 Å². The second-order valence-electron chi connectivity index (χ2n) is 4.96. The molecule has 0 spiro atoms. The van der Waals surface area contributed by atoms with E-state index in [1.165, 1.54) is 6.33 Å². The molecule has 0 radical (unpaired) electrons. The molecule has 1 fully saturated rings. The molecule has 2 heterocycles. The quantitative estimate of drug-likeness (QED) is 0.897. The van der Waals surface area contributed by atoms with Gasteiger partial charge in [0.25, 0.3) is 0 Å².